The fourth-order valence-corrected chi connectivity index (χ4v) is 5.82. The number of carbonyl (C=O) groups is 3. The lowest BCUT2D eigenvalue weighted by Gasteiger charge is -2.15. The number of rotatable bonds is 6. The summed E-state index contributed by atoms with van der Waals surface area (Å²) in [7, 11) is 0. The first-order valence-electron chi connectivity index (χ1n) is 10.6. The summed E-state index contributed by atoms with van der Waals surface area (Å²) >= 11 is 31.2. The van der Waals surface area contributed by atoms with Gasteiger partial charge in [0.15, 0.2) is 0 Å². The largest absolute Gasteiger partial charge is 0.341 e. The minimum Gasteiger partial charge on any atom is -0.341 e. The number of likely N-dealkylation sites (N-methyl/N-ethyl adjacent to an activating group) is 1. The van der Waals surface area contributed by atoms with Crippen LogP contribution in [0.5, 0.6) is 0 Å². The summed E-state index contributed by atoms with van der Waals surface area (Å²) in [6.45, 7) is 3.05. The van der Waals surface area contributed by atoms with Crippen LogP contribution in [0, 0.1) is 5.92 Å². The molecule has 4 rings (SSSR count). The van der Waals surface area contributed by atoms with E-state index in [4.69, 9.17) is 58.0 Å². The number of likely N-dealkylation sites (tertiary alicyclic amines) is 1. The number of hydrogen-bond donors (Lipinski definition) is 2. The van der Waals surface area contributed by atoms with Crippen LogP contribution in [-0.4, -0.2) is 46.1 Å². The molecule has 1 aliphatic heterocycles. The normalized spacial score (nSPS) is 23.1. The van der Waals surface area contributed by atoms with Crippen molar-refractivity contribution in [2.75, 3.05) is 18.4 Å². The van der Waals surface area contributed by atoms with Gasteiger partial charge in [0.05, 0.1) is 16.5 Å². The monoisotopic (exact) mass is 561 g/mol. The summed E-state index contributed by atoms with van der Waals surface area (Å²) < 4.78 is -1.33. The van der Waals surface area contributed by atoms with Crippen LogP contribution in [0.3, 0.4) is 0 Å². The molecule has 34 heavy (non-hydrogen) atoms. The van der Waals surface area contributed by atoms with Crippen molar-refractivity contribution in [1.82, 2.24) is 10.2 Å². The SMILES string of the molecule is CCN1CCC(NC(=O)c2cc(NC(=O)C3C(c4cc(Cl)cc(Cl)c4)C3(Cl)Cl)ccc2Cl)C1=O. The van der Waals surface area contributed by atoms with Gasteiger partial charge in [-0.2, -0.15) is 0 Å². The highest BCUT2D eigenvalue weighted by Crippen LogP contribution is 2.65. The number of alkyl halides is 2. The lowest BCUT2D eigenvalue weighted by Crippen LogP contribution is -2.41. The van der Waals surface area contributed by atoms with Crippen molar-refractivity contribution in [3.63, 3.8) is 0 Å². The van der Waals surface area contributed by atoms with E-state index in [1.165, 1.54) is 12.1 Å². The van der Waals surface area contributed by atoms with E-state index >= 15 is 0 Å². The molecule has 0 bridgehead atoms. The Balaban J connectivity index is 1.47. The average molecular weight is 564 g/mol. The van der Waals surface area contributed by atoms with Crippen molar-refractivity contribution in [2.24, 2.45) is 5.92 Å². The molecule has 6 nitrogen and oxygen atoms in total. The molecule has 3 atom stereocenters. The third-order valence-electron chi connectivity index (χ3n) is 6.04. The van der Waals surface area contributed by atoms with Crippen molar-refractivity contribution < 1.29 is 14.4 Å². The Labute approximate surface area is 221 Å². The molecule has 2 N–H and O–H groups in total. The highest BCUT2D eigenvalue weighted by Gasteiger charge is 2.67. The minimum atomic E-state index is -1.33. The zero-order valence-corrected chi connectivity index (χ0v) is 21.7. The van der Waals surface area contributed by atoms with Gasteiger partial charge in [0.1, 0.15) is 10.4 Å². The Morgan fingerprint density at radius 1 is 1.09 bits per heavy atom. The quantitative estimate of drug-likeness (QED) is 0.454. The van der Waals surface area contributed by atoms with Crippen LogP contribution in [0.2, 0.25) is 15.1 Å². The summed E-state index contributed by atoms with van der Waals surface area (Å²) in [4.78, 5) is 39.8. The van der Waals surface area contributed by atoms with Crippen molar-refractivity contribution in [3.8, 4) is 0 Å². The Kier molecular flexibility index (Phi) is 7.28. The number of hydrogen-bond acceptors (Lipinski definition) is 3. The second-order valence-corrected chi connectivity index (χ2v) is 11.0. The lowest BCUT2D eigenvalue weighted by molar-refractivity contribution is -0.129. The molecule has 11 heteroatoms. The molecule has 1 heterocycles. The van der Waals surface area contributed by atoms with E-state index in [2.05, 4.69) is 10.6 Å². The molecule has 2 fully saturated rings. The molecular weight excluding hydrogens is 544 g/mol. The first-order valence-corrected chi connectivity index (χ1v) is 12.5. The maximum atomic E-state index is 13.0. The average Bonchev–Trinajstić information content (AvgIpc) is 3.18. The van der Waals surface area contributed by atoms with Gasteiger partial charge in [0.25, 0.3) is 5.91 Å². The maximum absolute atomic E-state index is 13.0. The number of amides is 3. The summed E-state index contributed by atoms with van der Waals surface area (Å²) in [6, 6.07) is 8.81. The van der Waals surface area contributed by atoms with E-state index in [0.717, 1.165) is 0 Å². The Morgan fingerprint density at radius 2 is 1.76 bits per heavy atom. The summed E-state index contributed by atoms with van der Waals surface area (Å²) in [5.74, 6) is -2.31. The van der Waals surface area contributed by atoms with Crippen molar-refractivity contribution >= 4 is 81.4 Å². The second-order valence-electron chi connectivity index (χ2n) is 8.25. The van der Waals surface area contributed by atoms with Crippen LogP contribution in [0.1, 0.15) is 35.2 Å². The fourth-order valence-electron chi connectivity index (χ4n) is 4.24. The van der Waals surface area contributed by atoms with E-state index in [-0.39, 0.29) is 16.5 Å². The molecular formula is C23H20Cl5N3O3. The minimum absolute atomic E-state index is 0.127. The molecule has 2 aliphatic rings. The highest BCUT2D eigenvalue weighted by molar-refractivity contribution is 6.53. The third kappa shape index (κ3) is 4.98. The van der Waals surface area contributed by atoms with Crippen LogP contribution >= 0.6 is 58.0 Å². The second kappa shape index (κ2) is 9.75. The standard InChI is InChI=1S/C23H20Cl5N3O3/c1-2-31-6-5-17(22(31)34)30-20(32)15-10-14(3-4-16(15)26)29-21(33)19-18(23(19,27)28)11-7-12(24)9-13(25)8-11/h3-4,7-10,17-19H,2,5-6H2,1H3,(H,29,33)(H,30,32). The van der Waals surface area contributed by atoms with Gasteiger partial charge in [-0.05, 0) is 55.3 Å². The van der Waals surface area contributed by atoms with Crippen molar-refractivity contribution in [3.05, 3.63) is 62.6 Å². The van der Waals surface area contributed by atoms with Gasteiger partial charge in [-0.1, -0.05) is 34.8 Å². The van der Waals surface area contributed by atoms with Gasteiger partial charge in [-0.3, -0.25) is 14.4 Å². The zero-order chi connectivity index (χ0) is 24.8. The number of benzene rings is 2. The maximum Gasteiger partial charge on any atom is 0.253 e. The highest BCUT2D eigenvalue weighted by atomic mass is 35.5. The molecule has 180 valence electrons. The van der Waals surface area contributed by atoms with Crippen LogP contribution < -0.4 is 10.6 Å². The molecule has 1 saturated heterocycles. The topological polar surface area (TPSA) is 78.5 Å². The number of halogens is 5. The molecule has 2 aromatic rings. The van der Waals surface area contributed by atoms with E-state index in [0.29, 0.717) is 40.8 Å². The number of nitrogens with one attached hydrogen (secondary N) is 2. The van der Waals surface area contributed by atoms with Gasteiger partial charge in [0, 0.05) is 34.7 Å². The molecule has 0 spiro atoms. The molecule has 0 aromatic heterocycles. The summed E-state index contributed by atoms with van der Waals surface area (Å²) in [6.07, 6.45) is 0.524. The van der Waals surface area contributed by atoms with E-state index in [9.17, 15) is 14.4 Å². The van der Waals surface area contributed by atoms with Crippen LogP contribution in [0.4, 0.5) is 5.69 Å². The van der Waals surface area contributed by atoms with Crippen molar-refractivity contribution in [1.29, 1.82) is 0 Å². The van der Waals surface area contributed by atoms with E-state index < -0.39 is 34.0 Å². The van der Waals surface area contributed by atoms with Gasteiger partial charge in [0.2, 0.25) is 11.8 Å². The predicted molar refractivity (Wildman–Crippen MR) is 135 cm³/mol. The molecule has 1 saturated carbocycles. The number of anilines is 1. The summed E-state index contributed by atoms with van der Waals surface area (Å²) in [5.41, 5.74) is 1.13. The first kappa shape index (κ1) is 25.4. The Morgan fingerprint density at radius 3 is 2.38 bits per heavy atom. The van der Waals surface area contributed by atoms with Crippen molar-refractivity contribution in [2.45, 2.75) is 29.6 Å². The van der Waals surface area contributed by atoms with E-state index in [1.807, 2.05) is 6.92 Å². The number of nitrogens with zero attached hydrogens (tertiary/aromatic N) is 1. The van der Waals surface area contributed by atoms with Crippen LogP contribution in [-0.2, 0) is 9.59 Å². The number of carbonyl (C=O) groups excluding carboxylic acids is 3. The van der Waals surface area contributed by atoms with Crippen LogP contribution in [0.25, 0.3) is 0 Å². The molecule has 0 radical (unpaired) electrons. The molecule has 3 unspecified atom stereocenters. The van der Waals surface area contributed by atoms with Crippen LogP contribution in [0.15, 0.2) is 36.4 Å². The van der Waals surface area contributed by atoms with Gasteiger partial charge < -0.3 is 15.5 Å². The Bertz CT molecular complexity index is 1150. The smallest absolute Gasteiger partial charge is 0.253 e. The first-order chi connectivity index (χ1) is 16.0. The predicted octanol–water partition coefficient (Wildman–Crippen LogP) is 5.52. The Hall–Kier alpha value is -1.70. The third-order valence-corrected chi connectivity index (χ3v) is 7.75. The van der Waals surface area contributed by atoms with Gasteiger partial charge in [-0.15, -0.1) is 23.2 Å². The van der Waals surface area contributed by atoms with E-state index in [1.54, 1.807) is 29.2 Å². The molecule has 1 aliphatic carbocycles. The van der Waals surface area contributed by atoms with Gasteiger partial charge >= 0.3 is 0 Å². The molecule has 2 aromatic carbocycles. The summed E-state index contributed by atoms with van der Waals surface area (Å²) in [5, 5.41) is 6.48. The fraction of sp³-hybridized carbons (Fsp3) is 0.348. The zero-order valence-electron chi connectivity index (χ0n) is 17.9. The van der Waals surface area contributed by atoms with Gasteiger partial charge in [-0.25, -0.2) is 0 Å². The molecule has 3 amide bonds. The lowest BCUT2D eigenvalue weighted by atomic mass is 10.1.